The Morgan fingerprint density at radius 1 is 1.12 bits per heavy atom. The zero-order valence-corrected chi connectivity index (χ0v) is 14.5. The molecule has 2 heterocycles. The third-order valence-electron chi connectivity index (χ3n) is 3.64. The van der Waals surface area contributed by atoms with E-state index in [1.54, 1.807) is 24.6 Å². The number of benzene rings is 1. The van der Waals surface area contributed by atoms with Gasteiger partial charge < -0.3 is 15.2 Å². The number of rotatable bonds is 6. The molecule has 0 aliphatic carbocycles. The van der Waals surface area contributed by atoms with Crippen molar-refractivity contribution in [3.63, 3.8) is 0 Å². The molecule has 3 rings (SSSR count). The van der Waals surface area contributed by atoms with Crippen molar-refractivity contribution in [3.05, 3.63) is 76.5 Å². The van der Waals surface area contributed by atoms with Crippen molar-refractivity contribution in [2.24, 2.45) is 4.99 Å². The van der Waals surface area contributed by atoms with Crippen LogP contribution < -0.4 is 10.6 Å². The molecular weight excluding hydrogens is 318 g/mol. The van der Waals surface area contributed by atoms with E-state index in [-0.39, 0.29) is 0 Å². The number of nitrogens with one attached hydrogen (secondary N) is 2. The molecule has 0 saturated carbocycles. The fourth-order valence-electron chi connectivity index (χ4n) is 2.34. The van der Waals surface area contributed by atoms with Crippen LogP contribution in [-0.4, -0.2) is 22.6 Å². The van der Waals surface area contributed by atoms with Crippen LogP contribution in [0.4, 0.5) is 0 Å². The molecule has 0 unspecified atom stereocenters. The summed E-state index contributed by atoms with van der Waals surface area (Å²) in [6.07, 6.45) is 5.60. The molecule has 2 N–H and O–H groups in total. The lowest BCUT2D eigenvalue weighted by Crippen LogP contribution is -2.36. The SMILES string of the molecule is CN=C(NCc1ccc(Cn2ccnc2)cc1)NCc1cccs1. The van der Waals surface area contributed by atoms with Crippen molar-refractivity contribution in [2.75, 3.05) is 7.05 Å². The summed E-state index contributed by atoms with van der Waals surface area (Å²) in [6.45, 7) is 2.38. The first-order valence-electron chi connectivity index (χ1n) is 7.84. The van der Waals surface area contributed by atoms with Crippen LogP contribution in [0.25, 0.3) is 0 Å². The second-order valence-corrected chi connectivity index (χ2v) is 6.44. The number of nitrogens with zero attached hydrogens (tertiary/aromatic N) is 3. The number of hydrogen-bond donors (Lipinski definition) is 2. The highest BCUT2D eigenvalue weighted by Gasteiger charge is 2.00. The van der Waals surface area contributed by atoms with Gasteiger partial charge in [-0.3, -0.25) is 4.99 Å². The van der Waals surface area contributed by atoms with E-state index < -0.39 is 0 Å². The summed E-state index contributed by atoms with van der Waals surface area (Å²) in [6, 6.07) is 12.8. The molecule has 0 atom stereocenters. The van der Waals surface area contributed by atoms with Crippen molar-refractivity contribution in [1.29, 1.82) is 0 Å². The van der Waals surface area contributed by atoms with E-state index in [2.05, 4.69) is 67.0 Å². The van der Waals surface area contributed by atoms with Crippen LogP contribution in [-0.2, 0) is 19.6 Å². The Bertz CT molecular complexity index is 745. The molecule has 3 aromatic rings. The molecular formula is C18H21N5S. The Kier molecular flexibility index (Phi) is 5.63. The van der Waals surface area contributed by atoms with Gasteiger partial charge in [-0.2, -0.15) is 0 Å². The van der Waals surface area contributed by atoms with Crippen LogP contribution in [0.5, 0.6) is 0 Å². The summed E-state index contributed by atoms with van der Waals surface area (Å²) in [5.74, 6) is 0.811. The zero-order valence-electron chi connectivity index (χ0n) is 13.6. The normalized spacial score (nSPS) is 11.5. The highest BCUT2D eigenvalue weighted by molar-refractivity contribution is 7.09. The van der Waals surface area contributed by atoms with Crippen molar-refractivity contribution in [3.8, 4) is 0 Å². The van der Waals surface area contributed by atoms with Gasteiger partial charge in [0.2, 0.25) is 0 Å². The fourth-order valence-corrected chi connectivity index (χ4v) is 2.99. The highest BCUT2D eigenvalue weighted by atomic mass is 32.1. The third kappa shape index (κ3) is 4.70. The first kappa shape index (κ1) is 16.3. The minimum absolute atomic E-state index is 0.746. The summed E-state index contributed by atoms with van der Waals surface area (Å²) in [4.78, 5) is 9.62. The Hall–Kier alpha value is -2.60. The van der Waals surface area contributed by atoms with Gasteiger partial charge >= 0.3 is 0 Å². The van der Waals surface area contributed by atoms with Crippen LogP contribution in [0.3, 0.4) is 0 Å². The monoisotopic (exact) mass is 339 g/mol. The smallest absolute Gasteiger partial charge is 0.191 e. The Morgan fingerprint density at radius 2 is 1.92 bits per heavy atom. The lowest BCUT2D eigenvalue weighted by atomic mass is 10.1. The van der Waals surface area contributed by atoms with Crippen molar-refractivity contribution in [1.82, 2.24) is 20.2 Å². The van der Waals surface area contributed by atoms with Crippen LogP contribution in [0.2, 0.25) is 0 Å². The Labute approximate surface area is 146 Å². The fraction of sp³-hybridized carbons (Fsp3) is 0.222. The number of hydrogen-bond acceptors (Lipinski definition) is 3. The first-order valence-corrected chi connectivity index (χ1v) is 8.72. The molecule has 0 aliphatic rings. The minimum atomic E-state index is 0.746. The van der Waals surface area contributed by atoms with Gasteiger partial charge in [-0.1, -0.05) is 30.3 Å². The van der Waals surface area contributed by atoms with Gasteiger partial charge in [0.05, 0.1) is 12.9 Å². The molecule has 6 heteroatoms. The van der Waals surface area contributed by atoms with Gasteiger partial charge in [0.25, 0.3) is 0 Å². The van der Waals surface area contributed by atoms with Gasteiger partial charge in [0.15, 0.2) is 5.96 Å². The standard InChI is InChI=1S/C18H21N5S/c1-19-18(22-12-17-3-2-10-24-17)21-11-15-4-6-16(7-5-15)13-23-9-8-20-14-23/h2-10,14H,11-13H2,1H3,(H2,19,21,22). The van der Waals surface area contributed by atoms with Gasteiger partial charge in [-0.05, 0) is 22.6 Å². The van der Waals surface area contributed by atoms with Crippen molar-refractivity contribution in [2.45, 2.75) is 19.6 Å². The van der Waals surface area contributed by atoms with E-state index in [4.69, 9.17) is 0 Å². The van der Waals surface area contributed by atoms with Gasteiger partial charge in [-0.15, -0.1) is 11.3 Å². The number of guanidine groups is 1. The number of imidazole rings is 1. The molecule has 0 spiro atoms. The van der Waals surface area contributed by atoms with Crippen LogP contribution >= 0.6 is 11.3 Å². The Balaban J connectivity index is 1.48. The number of aliphatic imine (C=N–C) groups is 1. The number of thiophene rings is 1. The van der Waals surface area contributed by atoms with E-state index in [1.165, 1.54) is 16.0 Å². The van der Waals surface area contributed by atoms with Gasteiger partial charge in [0, 0.05) is 37.4 Å². The van der Waals surface area contributed by atoms with Gasteiger partial charge in [-0.25, -0.2) is 4.98 Å². The molecule has 2 aromatic heterocycles. The molecule has 0 amide bonds. The van der Waals surface area contributed by atoms with E-state index >= 15 is 0 Å². The molecule has 24 heavy (non-hydrogen) atoms. The molecule has 0 bridgehead atoms. The van der Waals surface area contributed by atoms with E-state index in [1.807, 2.05) is 12.5 Å². The predicted octanol–water partition coefficient (Wildman–Crippen LogP) is 2.86. The maximum absolute atomic E-state index is 4.26. The molecule has 124 valence electrons. The summed E-state index contributed by atoms with van der Waals surface area (Å²) >= 11 is 1.74. The third-order valence-corrected chi connectivity index (χ3v) is 4.52. The number of aromatic nitrogens is 2. The van der Waals surface area contributed by atoms with Crippen LogP contribution in [0.1, 0.15) is 16.0 Å². The average Bonchev–Trinajstić information content (AvgIpc) is 3.30. The molecule has 0 radical (unpaired) electrons. The first-order chi connectivity index (χ1) is 11.8. The van der Waals surface area contributed by atoms with Crippen molar-refractivity contribution < 1.29 is 0 Å². The second kappa shape index (κ2) is 8.31. The van der Waals surface area contributed by atoms with Crippen molar-refractivity contribution >= 4 is 17.3 Å². The van der Waals surface area contributed by atoms with E-state index in [0.29, 0.717) is 0 Å². The lowest BCUT2D eigenvalue weighted by molar-refractivity contribution is 0.793. The molecule has 0 saturated heterocycles. The summed E-state index contributed by atoms with van der Waals surface area (Å²) in [5.41, 5.74) is 2.49. The quantitative estimate of drug-likeness (QED) is 0.536. The van der Waals surface area contributed by atoms with E-state index in [9.17, 15) is 0 Å². The molecule has 1 aromatic carbocycles. The molecule has 0 fully saturated rings. The minimum Gasteiger partial charge on any atom is -0.352 e. The second-order valence-electron chi connectivity index (χ2n) is 5.41. The topological polar surface area (TPSA) is 54.2 Å². The van der Waals surface area contributed by atoms with Crippen LogP contribution in [0, 0.1) is 0 Å². The average molecular weight is 339 g/mol. The largest absolute Gasteiger partial charge is 0.352 e. The molecule has 5 nitrogen and oxygen atoms in total. The zero-order chi connectivity index (χ0) is 16.6. The summed E-state index contributed by atoms with van der Waals surface area (Å²) < 4.78 is 2.06. The van der Waals surface area contributed by atoms with E-state index in [0.717, 1.165) is 25.6 Å². The predicted molar refractivity (Wildman–Crippen MR) is 99.1 cm³/mol. The lowest BCUT2D eigenvalue weighted by Gasteiger charge is -2.11. The molecule has 0 aliphatic heterocycles. The van der Waals surface area contributed by atoms with Gasteiger partial charge in [0.1, 0.15) is 0 Å². The summed E-state index contributed by atoms with van der Waals surface area (Å²) in [7, 11) is 1.79. The van der Waals surface area contributed by atoms with Crippen LogP contribution in [0.15, 0.2) is 65.5 Å². The Morgan fingerprint density at radius 3 is 2.58 bits per heavy atom. The summed E-state index contributed by atoms with van der Waals surface area (Å²) in [5, 5.41) is 8.75. The maximum atomic E-state index is 4.26. The maximum Gasteiger partial charge on any atom is 0.191 e. The highest BCUT2D eigenvalue weighted by Crippen LogP contribution is 2.08.